The molecule has 0 aliphatic heterocycles. The Morgan fingerprint density at radius 2 is 2.29 bits per heavy atom. The second kappa shape index (κ2) is 3.59. The number of halogens is 1. The second-order valence-electron chi connectivity index (χ2n) is 1.21. The second-order valence-corrected chi connectivity index (χ2v) is 1.21. The van der Waals surface area contributed by atoms with Gasteiger partial charge in [0.1, 0.15) is 6.17 Å². The normalized spacial score (nSPS) is 14.6. The Bertz CT molecular complexity index is 74.2. The van der Waals surface area contributed by atoms with E-state index >= 15 is 0 Å². The van der Waals surface area contributed by atoms with Gasteiger partial charge in [-0.1, -0.05) is 24.8 Å². The first-order chi connectivity index (χ1) is 3.31. The summed E-state index contributed by atoms with van der Waals surface area (Å²) in [5, 5.41) is 0. The van der Waals surface area contributed by atoms with Crippen LogP contribution in [-0.2, 0) is 0 Å². The first kappa shape index (κ1) is 6.41. The Hall–Kier alpha value is -0.590. The molecule has 7 heavy (non-hydrogen) atoms. The van der Waals surface area contributed by atoms with Crippen LogP contribution in [0.25, 0.3) is 0 Å². The molecular weight excluding hydrogens is 91.1 g/mol. The van der Waals surface area contributed by atoms with Gasteiger partial charge in [0.2, 0.25) is 0 Å². The minimum atomic E-state index is -0.968. The van der Waals surface area contributed by atoms with Crippen LogP contribution in [0, 0.1) is 0 Å². The van der Waals surface area contributed by atoms with E-state index < -0.39 is 6.17 Å². The van der Waals surface area contributed by atoms with E-state index in [0.717, 1.165) is 0 Å². The van der Waals surface area contributed by atoms with Crippen molar-refractivity contribution in [3.63, 3.8) is 0 Å². The van der Waals surface area contributed by atoms with Gasteiger partial charge in [-0.15, -0.1) is 0 Å². The maximum absolute atomic E-state index is 11.9. The number of alkyl halides is 1. The van der Waals surface area contributed by atoms with Crippen molar-refractivity contribution >= 4 is 0 Å². The molecule has 0 N–H and O–H groups in total. The summed E-state index contributed by atoms with van der Waals surface area (Å²) in [6.45, 7) is 5.03. The minimum Gasteiger partial charge on any atom is -0.238 e. The van der Waals surface area contributed by atoms with Crippen molar-refractivity contribution in [3.8, 4) is 0 Å². The SMILES string of the molecule is C=CC(F)/C=C/C. The Morgan fingerprint density at radius 1 is 1.71 bits per heavy atom. The van der Waals surface area contributed by atoms with Crippen LogP contribution in [-0.4, -0.2) is 6.17 Å². The smallest absolute Gasteiger partial charge is 0.136 e. The molecule has 0 radical (unpaired) electrons. The molecule has 0 aromatic heterocycles. The lowest BCUT2D eigenvalue weighted by Gasteiger charge is -1.86. The third-order valence-corrected chi connectivity index (χ3v) is 0.601. The molecule has 0 fully saturated rings. The molecule has 40 valence electrons. The summed E-state index contributed by atoms with van der Waals surface area (Å²) < 4.78 is 11.9. The van der Waals surface area contributed by atoms with Crippen molar-refractivity contribution in [2.75, 3.05) is 0 Å². The van der Waals surface area contributed by atoms with Gasteiger partial charge in [0.15, 0.2) is 0 Å². The van der Waals surface area contributed by atoms with E-state index in [2.05, 4.69) is 6.58 Å². The molecular formula is C6H9F. The minimum absolute atomic E-state index is 0.968. The lowest BCUT2D eigenvalue weighted by Crippen LogP contribution is -1.83. The molecule has 0 spiro atoms. The Morgan fingerprint density at radius 3 is 2.43 bits per heavy atom. The Kier molecular flexibility index (Phi) is 3.29. The summed E-state index contributed by atoms with van der Waals surface area (Å²) in [4.78, 5) is 0. The summed E-state index contributed by atoms with van der Waals surface area (Å²) in [6, 6.07) is 0. The zero-order valence-electron chi connectivity index (χ0n) is 4.39. The van der Waals surface area contributed by atoms with E-state index in [1.54, 1.807) is 13.0 Å². The summed E-state index contributed by atoms with van der Waals surface area (Å²) >= 11 is 0. The Labute approximate surface area is 43.4 Å². The molecule has 0 aliphatic carbocycles. The average molecular weight is 100 g/mol. The van der Waals surface area contributed by atoms with Gasteiger partial charge in [-0.3, -0.25) is 0 Å². The number of hydrogen-bond donors (Lipinski definition) is 0. The highest BCUT2D eigenvalue weighted by atomic mass is 19.1. The molecule has 1 unspecified atom stereocenters. The molecule has 0 bridgehead atoms. The van der Waals surface area contributed by atoms with Crippen molar-refractivity contribution in [2.45, 2.75) is 13.1 Å². The molecule has 0 aromatic carbocycles. The number of rotatable bonds is 2. The summed E-state index contributed by atoms with van der Waals surface area (Å²) in [6.07, 6.45) is 3.38. The molecule has 1 atom stereocenters. The zero-order chi connectivity index (χ0) is 5.70. The third-order valence-electron chi connectivity index (χ3n) is 0.601. The predicted octanol–water partition coefficient (Wildman–Crippen LogP) is 2.09. The highest BCUT2D eigenvalue weighted by Gasteiger charge is 1.86. The summed E-state index contributed by atoms with van der Waals surface area (Å²) in [5.41, 5.74) is 0. The molecule has 0 aliphatic rings. The highest BCUT2D eigenvalue weighted by molar-refractivity contribution is 4.96. The molecule has 1 heteroatoms. The van der Waals surface area contributed by atoms with Gasteiger partial charge in [-0.2, -0.15) is 0 Å². The monoisotopic (exact) mass is 100 g/mol. The van der Waals surface area contributed by atoms with Crippen LogP contribution in [0.3, 0.4) is 0 Å². The van der Waals surface area contributed by atoms with Crippen LogP contribution in [0.2, 0.25) is 0 Å². The van der Waals surface area contributed by atoms with Crippen LogP contribution in [0.15, 0.2) is 24.8 Å². The van der Waals surface area contributed by atoms with Gasteiger partial charge in [-0.25, -0.2) is 4.39 Å². The topological polar surface area (TPSA) is 0 Å². The van der Waals surface area contributed by atoms with Crippen LogP contribution in [0.1, 0.15) is 6.92 Å². The van der Waals surface area contributed by atoms with E-state index in [1.807, 2.05) is 0 Å². The molecule has 0 rings (SSSR count). The van der Waals surface area contributed by atoms with Crippen molar-refractivity contribution < 1.29 is 4.39 Å². The van der Waals surface area contributed by atoms with Crippen LogP contribution in [0.5, 0.6) is 0 Å². The lowest BCUT2D eigenvalue weighted by molar-refractivity contribution is 0.469. The molecule has 0 nitrogen and oxygen atoms in total. The maximum Gasteiger partial charge on any atom is 0.136 e. The van der Waals surface area contributed by atoms with Gasteiger partial charge < -0.3 is 0 Å². The fraction of sp³-hybridized carbons (Fsp3) is 0.333. The number of allylic oxidation sites excluding steroid dienone is 3. The quantitative estimate of drug-likeness (QED) is 0.466. The molecule has 0 saturated heterocycles. The van der Waals surface area contributed by atoms with Crippen LogP contribution >= 0.6 is 0 Å². The highest BCUT2D eigenvalue weighted by Crippen LogP contribution is 1.91. The average Bonchev–Trinajstić information content (AvgIpc) is 1.68. The van der Waals surface area contributed by atoms with Gasteiger partial charge >= 0.3 is 0 Å². The fourth-order valence-corrected chi connectivity index (χ4v) is 0.262. The van der Waals surface area contributed by atoms with E-state index in [9.17, 15) is 4.39 Å². The maximum atomic E-state index is 11.9. The first-order valence-corrected chi connectivity index (χ1v) is 2.20. The number of hydrogen-bond acceptors (Lipinski definition) is 0. The lowest BCUT2D eigenvalue weighted by atomic mass is 10.3. The van der Waals surface area contributed by atoms with Gasteiger partial charge in [0.25, 0.3) is 0 Å². The predicted molar refractivity (Wildman–Crippen MR) is 29.9 cm³/mol. The summed E-state index contributed by atoms with van der Waals surface area (Å²) in [5.74, 6) is 0. The zero-order valence-corrected chi connectivity index (χ0v) is 4.39. The van der Waals surface area contributed by atoms with E-state index in [1.165, 1.54) is 12.2 Å². The van der Waals surface area contributed by atoms with Gasteiger partial charge in [-0.05, 0) is 6.92 Å². The van der Waals surface area contributed by atoms with Crippen molar-refractivity contribution in [1.82, 2.24) is 0 Å². The van der Waals surface area contributed by atoms with Crippen LogP contribution < -0.4 is 0 Å². The van der Waals surface area contributed by atoms with E-state index in [0.29, 0.717) is 0 Å². The molecule has 0 saturated carbocycles. The van der Waals surface area contributed by atoms with Crippen molar-refractivity contribution in [3.05, 3.63) is 24.8 Å². The Balaban J connectivity index is 3.35. The first-order valence-electron chi connectivity index (χ1n) is 2.20. The van der Waals surface area contributed by atoms with Gasteiger partial charge in [0, 0.05) is 0 Å². The molecule has 0 amide bonds. The van der Waals surface area contributed by atoms with Crippen molar-refractivity contribution in [1.29, 1.82) is 0 Å². The summed E-state index contributed by atoms with van der Waals surface area (Å²) in [7, 11) is 0. The largest absolute Gasteiger partial charge is 0.238 e. The molecule has 0 heterocycles. The van der Waals surface area contributed by atoms with Crippen LogP contribution in [0.4, 0.5) is 4.39 Å². The fourth-order valence-electron chi connectivity index (χ4n) is 0.262. The third kappa shape index (κ3) is 3.23. The van der Waals surface area contributed by atoms with E-state index in [-0.39, 0.29) is 0 Å². The standard InChI is InChI=1S/C6H9F/c1-3-5-6(7)4-2/h3-6H,2H2,1H3/b5-3+. The van der Waals surface area contributed by atoms with Gasteiger partial charge in [0.05, 0.1) is 0 Å². The molecule has 0 aromatic rings. The van der Waals surface area contributed by atoms with Crippen molar-refractivity contribution in [2.24, 2.45) is 0 Å². The van der Waals surface area contributed by atoms with E-state index in [4.69, 9.17) is 0 Å².